The molecule has 0 radical (unpaired) electrons. The fraction of sp³-hybridized carbons (Fsp3) is 0.444. The highest BCUT2D eigenvalue weighted by molar-refractivity contribution is 6.42. The van der Waals surface area contributed by atoms with Crippen LogP contribution in [0.15, 0.2) is 30.4 Å². The van der Waals surface area contributed by atoms with Crippen molar-refractivity contribution in [1.29, 1.82) is 0 Å². The molecule has 2 amide bonds. The first-order chi connectivity index (χ1) is 11.5. The molecule has 4 nitrogen and oxygen atoms in total. The number of anilines is 1. The zero-order valence-electron chi connectivity index (χ0n) is 13.9. The third kappa shape index (κ3) is 4.31. The summed E-state index contributed by atoms with van der Waals surface area (Å²) in [5.41, 5.74) is 0.581. The van der Waals surface area contributed by atoms with E-state index in [1.54, 1.807) is 23.1 Å². The Morgan fingerprint density at radius 2 is 1.71 bits per heavy atom. The summed E-state index contributed by atoms with van der Waals surface area (Å²) in [4.78, 5) is 27.2. The van der Waals surface area contributed by atoms with E-state index in [0.717, 1.165) is 0 Å². The molecule has 1 aliphatic rings. The van der Waals surface area contributed by atoms with E-state index < -0.39 is 0 Å². The van der Waals surface area contributed by atoms with Gasteiger partial charge in [-0.3, -0.25) is 9.59 Å². The van der Waals surface area contributed by atoms with Crippen LogP contribution in [0, 0.1) is 11.8 Å². The Hall–Kier alpha value is -1.52. The molecule has 1 aliphatic carbocycles. The van der Waals surface area contributed by atoms with Crippen LogP contribution in [-0.4, -0.2) is 29.8 Å². The second-order valence-electron chi connectivity index (χ2n) is 5.78. The van der Waals surface area contributed by atoms with Crippen LogP contribution in [0.4, 0.5) is 5.69 Å². The lowest BCUT2D eigenvalue weighted by Crippen LogP contribution is -2.43. The van der Waals surface area contributed by atoms with E-state index in [9.17, 15) is 9.59 Å². The summed E-state index contributed by atoms with van der Waals surface area (Å²) in [6, 6.07) is 4.95. The number of hydrogen-bond acceptors (Lipinski definition) is 2. The summed E-state index contributed by atoms with van der Waals surface area (Å²) in [5, 5.41) is 3.67. The van der Waals surface area contributed by atoms with Gasteiger partial charge in [-0.05, 0) is 44.9 Å². The van der Waals surface area contributed by atoms with Crippen LogP contribution >= 0.6 is 23.2 Å². The normalized spacial score (nSPS) is 19.8. The zero-order chi connectivity index (χ0) is 17.7. The Morgan fingerprint density at radius 3 is 2.29 bits per heavy atom. The highest BCUT2D eigenvalue weighted by Gasteiger charge is 2.35. The Kier molecular flexibility index (Phi) is 6.69. The molecular formula is C18H22Cl2N2O2. The Bertz CT molecular complexity index is 642. The topological polar surface area (TPSA) is 49.4 Å². The molecule has 130 valence electrons. The number of halogens is 2. The van der Waals surface area contributed by atoms with Crippen LogP contribution in [0.2, 0.25) is 10.0 Å². The minimum atomic E-state index is -0.377. The second-order valence-corrected chi connectivity index (χ2v) is 6.60. The molecule has 0 saturated carbocycles. The summed E-state index contributed by atoms with van der Waals surface area (Å²) in [7, 11) is 0. The highest BCUT2D eigenvalue weighted by atomic mass is 35.5. The van der Waals surface area contributed by atoms with Crippen LogP contribution in [0.1, 0.15) is 26.7 Å². The predicted molar refractivity (Wildman–Crippen MR) is 98.4 cm³/mol. The van der Waals surface area contributed by atoms with Gasteiger partial charge in [-0.2, -0.15) is 0 Å². The number of nitrogens with zero attached hydrogens (tertiary/aromatic N) is 1. The lowest BCUT2D eigenvalue weighted by Gasteiger charge is -2.31. The summed E-state index contributed by atoms with van der Waals surface area (Å²) < 4.78 is 0. The SMILES string of the molecule is CCN(CC)C(=O)C1CC=CCC1C(=O)Nc1ccc(Cl)c(Cl)c1. The number of carbonyl (C=O) groups is 2. The molecule has 2 unspecified atom stereocenters. The lowest BCUT2D eigenvalue weighted by molar-refractivity contribution is -0.140. The van der Waals surface area contributed by atoms with Crippen molar-refractivity contribution in [2.45, 2.75) is 26.7 Å². The van der Waals surface area contributed by atoms with E-state index in [1.807, 2.05) is 26.0 Å². The van der Waals surface area contributed by atoms with E-state index in [-0.39, 0.29) is 23.7 Å². The van der Waals surface area contributed by atoms with Gasteiger partial charge >= 0.3 is 0 Å². The van der Waals surface area contributed by atoms with Crippen LogP contribution in [0.3, 0.4) is 0 Å². The van der Waals surface area contributed by atoms with Crippen molar-refractivity contribution in [3.63, 3.8) is 0 Å². The van der Waals surface area contributed by atoms with Gasteiger partial charge in [0, 0.05) is 18.8 Å². The average molecular weight is 369 g/mol. The first-order valence-electron chi connectivity index (χ1n) is 8.17. The van der Waals surface area contributed by atoms with Crippen molar-refractivity contribution < 1.29 is 9.59 Å². The van der Waals surface area contributed by atoms with Crippen molar-refractivity contribution in [3.8, 4) is 0 Å². The number of benzene rings is 1. The molecule has 2 atom stereocenters. The maximum Gasteiger partial charge on any atom is 0.228 e. The fourth-order valence-corrected chi connectivity index (χ4v) is 3.25. The number of nitrogens with one attached hydrogen (secondary N) is 1. The Labute approximate surface area is 152 Å². The Morgan fingerprint density at radius 1 is 1.08 bits per heavy atom. The largest absolute Gasteiger partial charge is 0.343 e. The van der Waals surface area contributed by atoms with Gasteiger partial charge in [0.2, 0.25) is 11.8 Å². The number of allylic oxidation sites excluding steroid dienone is 2. The number of hydrogen-bond donors (Lipinski definition) is 1. The van der Waals surface area contributed by atoms with Gasteiger partial charge in [0.25, 0.3) is 0 Å². The number of amides is 2. The van der Waals surface area contributed by atoms with Crippen molar-refractivity contribution in [2.75, 3.05) is 18.4 Å². The molecule has 0 saturated heterocycles. The number of rotatable bonds is 5. The third-order valence-corrected chi connectivity index (χ3v) is 5.09. The minimum absolute atomic E-state index is 0.0404. The summed E-state index contributed by atoms with van der Waals surface area (Å²) in [6.07, 6.45) is 5.10. The second kappa shape index (κ2) is 8.54. The third-order valence-electron chi connectivity index (χ3n) is 4.35. The van der Waals surface area contributed by atoms with E-state index in [1.165, 1.54) is 0 Å². The van der Waals surface area contributed by atoms with E-state index in [0.29, 0.717) is 41.7 Å². The van der Waals surface area contributed by atoms with Gasteiger partial charge in [0.1, 0.15) is 0 Å². The monoisotopic (exact) mass is 368 g/mol. The van der Waals surface area contributed by atoms with Gasteiger partial charge in [0.15, 0.2) is 0 Å². The molecule has 0 spiro atoms. The molecule has 0 bridgehead atoms. The maximum atomic E-state index is 12.7. The van der Waals surface area contributed by atoms with Crippen LogP contribution in [0.25, 0.3) is 0 Å². The molecule has 0 aromatic heterocycles. The van der Waals surface area contributed by atoms with Gasteiger partial charge in [-0.25, -0.2) is 0 Å². The quantitative estimate of drug-likeness (QED) is 0.783. The van der Waals surface area contributed by atoms with Crippen LogP contribution in [0.5, 0.6) is 0 Å². The summed E-state index contributed by atoms with van der Waals surface area (Å²) in [5.74, 6) is -0.822. The fourth-order valence-electron chi connectivity index (χ4n) is 2.96. The zero-order valence-corrected chi connectivity index (χ0v) is 15.4. The molecule has 0 fully saturated rings. The van der Waals surface area contributed by atoms with Crippen LogP contribution in [-0.2, 0) is 9.59 Å². The number of carbonyl (C=O) groups excluding carboxylic acids is 2. The summed E-state index contributed by atoms with van der Waals surface area (Å²) >= 11 is 11.9. The first-order valence-corrected chi connectivity index (χ1v) is 8.93. The summed E-state index contributed by atoms with van der Waals surface area (Å²) in [6.45, 7) is 5.20. The predicted octanol–water partition coefficient (Wildman–Crippen LogP) is 4.38. The van der Waals surface area contributed by atoms with Crippen molar-refractivity contribution in [3.05, 3.63) is 40.4 Å². The first kappa shape index (κ1) is 18.8. The maximum absolute atomic E-state index is 12.7. The van der Waals surface area contributed by atoms with Gasteiger partial charge in [-0.15, -0.1) is 0 Å². The molecule has 0 aliphatic heterocycles. The van der Waals surface area contributed by atoms with Crippen molar-refractivity contribution >= 4 is 40.7 Å². The lowest BCUT2D eigenvalue weighted by atomic mass is 9.81. The van der Waals surface area contributed by atoms with Crippen LogP contribution < -0.4 is 5.32 Å². The van der Waals surface area contributed by atoms with Gasteiger partial charge in [-0.1, -0.05) is 35.4 Å². The van der Waals surface area contributed by atoms with Gasteiger partial charge in [0.05, 0.1) is 21.9 Å². The molecule has 2 rings (SSSR count). The molecular weight excluding hydrogens is 347 g/mol. The van der Waals surface area contributed by atoms with E-state index in [2.05, 4.69) is 5.32 Å². The highest BCUT2D eigenvalue weighted by Crippen LogP contribution is 2.30. The molecule has 24 heavy (non-hydrogen) atoms. The van der Waals surface area contributed by atoms with E-state index in [4.69, 9.17) is 23.2 Å². The average Bonchev–Trinajstić information content (AvgIpc) is 2.59. The van der Waals surface area contributed by atoms with Gasteiger partial charge < -0.3 is 10.2 Å². The van der Waals surface area contributed by atoms with Crippen molar-refractivity contribution in [2.24, 2.45) is 11.8 Å². The molecule has 1 aromatic carbocycles. The smallest absolute Gasteiger partial charge is 0.228 e. The van der Waals surface area contributed by atoms with E-state index >= 15 is 0 Å². The Balaban J connectivity index is 2.14. The molecule has 0 heterocycles. The molecule has 6 heteroatoms. The molecule has 1 aromatic rings. The standard InChI is InChI=1S/C18H22Cl2N2O2/c1-3-22(4-2)18(24)14-8-6-5-7-13(14)17(23)21-12-9-10-15(19)16(20)11-12/h5-6,9-11,13-14H,3-4,7-8H2,1-2H3,(H,21,23). The van der Waals surface area contributed by atoms with Crippen molar-refractivity contribution in [1.82, 2.24) is 4.90 Å². The minimum Gasteiger partial charge on any atom is -0.343 e. The molecule has 1 N–H and O–H groups in total.